The molecule has 144 valence electrons. The van der Waals surface area contributed by atoms with Crippen molar-refractivity contribution < 1.29 is 26.3 Å². The van der Waals surface area contributed by atoms with Crippen molar-refractivity contribution in [3.63, 3.8) is 0 Å². The largest absolute Gasteiger partial charge is 0.446 e. The van der Waals surface area contributed by atoms with Crippen LogP contribution in [0.1, 0.15) is 23.9 Å². The normalized spacial score (nSPS) is 12.6. The molecule has 0 radical (unpaired) electrons. The topological polar surface area (TPSA) is 41.6 Å². The third kappa shape index (κ3) is 4.72. The van der Waals surface area contributed by atoms with E-state index in [1.54, 1.807) is 0 Å². The second-order valence-corrected chi connectivity index (χ2v) is 6.81. The highest BCUT2D eigenvalue weighted by Gasteiger charge is 2.36. The number of rotatable bonds is 3. The second kappa shape index (κ2) is 7.66. The van der Waals surface area contributed by atoms with Crippen molar-refractivity contribution in [2.24, 2.45) is 0 Å². The lowest BCUT2D eigenvalue weighted by atomic mass is 10.2. The molecule has 0 unspecified atom stereocenters. The number of hydrogen-bond donors (Lipinski definition) is 0. The lowest BCUT2D eigenvalue weighted by Crippen LogP contribution is -2.08. The monoisotopic (exact) mass is 445 g/mol. The van der Waals surface area contributed by atoms with Crippen LogP contribution >= 0.6 is 35.0 Å². The van der Waals surface area contributed by atoms with Crippen LogP contribution in [0.2, 0.25) is 10.0 Å². The van der Waals surface area contributed by atoms with E-state index in [0.29, 0.717) is 12.1 Å². The fourth-order valence-corrected chi connectivity index (χ4v) is 3.43. The molecule has 0 spiro atoms. The van der Waals surface area contributed by atoms with Crippen LogP contribution in [0, 0.1) is 11.3 Å². The number of allylic oxidation sites excluding steroid dienone is 1. The third-order valence-corrected chi connectivity index (χ3v) is 4.49. The Balaban J connectivity index is 2.78. The van der Waals surface area contributed by atoms with E-state index < -0.39 is 49.6 Å². The summed E-state index contributed by atoms with van der Waals surface area (Å²) in [6.07, 6.45) is -2.13. The summed E-state index contributed by atoms with van der Waals surface area (Å²) in [5.74, 6) is 0. The van der Waals surface area contributed by atoms with Crippen LogP contribution in [0.4, 0.5) is 26.3 Å². The summed E-state index contributed by atoms with van der Waals surface area (Å²) in [5.41, 5.74) is -6.89. The maximum absolute atomic E-state index is 12.9. The van der Waals surface area contributed by atoms with Gasteiger partial charge in [0.15, 0.2) is 5.69 Å². The van der Waals surface area contributed by atoms with Crippen molar-refractivity contribution >= 4 is 41.0 Å². The molecule has 0 fully saturated rings. The van der Waals surface area contributed by atoms with Gasteiger partial charge in [-0.05, 0) is 36.9 Å². The molecule has 2 rings (SSSR count). The van der Waals surface area contributed by atoms with Crippen molar-refractivity contribution in [3.05, 3.63) is 45.2 Å². The van der Waals surface area contributed by atoms with Crippen molar-refractivity contribution in [2.45, 2.75) is 23.5 Å². The maximum Gasteiger partial charge on any atom is 0.446 e. The van der Waals surface area contributed by atoms with Crippen LogP contribution in [-0.4, -0.2) is 15.3 Å². The first kappa shape index (κ1) is 21.5. The van der Waals surface area contributed by atoms with E-state index in [2.05, 4.69) is 5.10 Å². The Morgan fingerprint density at radius 3 is 2.11 bits per heavy atom. The quantitative estimate of drug-likeness (QED) is 0.389. The molecule has 0 saturated carbocycles. The zero-order chi connectivity index (χ0) is 20.6. The van der Waals surface area contributed by atoms with Crippen LogP contribution < -0.4 is 0 Å². The fourth-order valence-electron chi connectivity index (χ4n) is 2.11. The number of nitriles is 1. The molecule has 1 aromatic carbocycles. The van der Waals surface area contributed by atoms with Crippen molar-refractivity contribution in [3.8, 4) is 11.8 Å². The highest BCUT2D eigenvalue weighted by atomic mass is 35.5. The molecule has 12 heteroatoms. The summed E-state index contributed by atoms with van der Waals surface area (Å²) in [7, 11) is 0. The van der Waals surface area contributed by atoms with Crippen molar-refractivity contribution in [1.82, 2.24) is 9.78 Å². The average molecular weight is 446 g/mol. The molecule has 1 heterocycles. The molecule has 1 aromatic heterocycles. The molecule has 27 heavy (non-hydrogen) atoms. The van der Waals surface area contributed by atoms with E-state index in [4.69, 9.17) is 28.5 Å². The fraction of sp³-hybridized carbons (Fsp3) is 0.200. The van der Waals surface area contributed by atoms with Gasteiger partial charge in [0.2, 0.25) is 0 Å². The predicted molar refractivity (Wildman–Crippen MR) is 89.9 cm³/mol. The number of halogens is 8. The zero-order valence-electron chi connectivity index (χ0n) is 13.1. The SMILES string of the molecule is C/C=C/c1c(SC(F)(F)F)c(C#N)nn1-c1c(Cl)cc(C(F)(F)F)cc1Cl. The summed E-state index contributed by atoms with van der Waals surface area (Å²) in [6.45, 7) is 1.50. The van der Waals surface area contributed by atoms with Gasteiger partial charge >= 0.3 is 11.7 Å². The first-order valence-electron chi connectivity index (χ1n) is 6.87. The minimum Gasteiger partial charge on any atom is -0.228 e. The summed E-state index contributed by atoms with van der Waals surface area (Å²) >= 11 is 11.2. The smallest absolute Gasteiger partial charge is 0.228 e. The lowest BCUT2D eigenvalue weighted by molar-refractivity contribution is -0.137. The molecule has 0 aliphatic rings. The molecule has 0 aliphatic heterocycles. The van der Waals surface area contributed by atoms with Gasteiger partial charge in [0.25, 0.3) is 0 Å². The van der Waals surface area contributed by atoms with Gasteiger partial charge in [-0.25, -0.2) is 4.68 Å². The number of nitrogens with zero attached hydrogens (tertiary/aromatic N) is 3. The Bertz CT molecular complexity index is 918. The van der Waals surface area contributed by atoms with Crippen LogP contribution in [0.15, 0.2) is 23.1 Å². The molecule has 0 atom stereocenters. The van der Waals surface area contributed by atoms with Gasteiger partial charge in [-0.15, -0.1) is 0 Å². The minimum atomic E-state index is -4.73. The number of benzene rings is 1. The molecule has 0 N–H and O–H groups in total. The number of aromatic nitrogens is 2. The van der Waals surface area contributed by atoms with Crippen LogP contribution in [0.3, 0.4) is 0 Å². The van der Waals surface area contributed by atoms with Gasteiger partial charge in [0, 0.05) is 0 Å². The Morgan fingerprint density at radius 2 is 1.70 bits per heavy atom. The lowest BCUT2D eigenvalue weighted by Gasteiger charge is -2.14. The Labute approximate surface area is 163 Å². The first-order valence-corrected chi connectivity index (χ1v) is 8.44. The van der Waals surface area contributed by atoms with Crippen molar-refractivity contribution in [2.75, 3.05) is 0 Å². The van der Waals surface area contributed by atoms with Crippen LogP contribution in [0.25, 0.3) is 11.8 Å². The van der Waals surface area contributed by atoms with E-state index in [1.165, 1.54) is 25.1 Å². The summed E-state index contributed by atoms with van der Waals surface area (Å²) in [5, 5.41) is 11.9. The van der Waals surface area contributed by atoms with E-state index in [1.807, 2.05) is 0 Å². The number of alkyl halides is 6. The van der Waals surface area contributed by atoms with Gasteiger partial charge in [-0.2, -0.15) is 36.7 Å². The van der Waals surface area contributed by atoms with E-state index in [-0.39, 0.29) is 11.4 Å². The Morgan fingerprint density at radius 1 is 1.15 bits per heavy atom. The molecule has 2 aromatic rings. The van der Waals surface area contributed by atoms with Gasteiger partial charge in [0.1, 0.15) is 11.8 Å². The van der Waals surface area contributed by atoms with Crippen molar-refractivity contribution in [1.29, 1.82) is 5.26 Å². The molecule has 0 aliphatic carbocycles. The Hall–Kier alpha value is -1.83. The molecule has 0 amide bonds. The number of thioether (sulfide) groups is 1. The van der Waals surface area contributed by atoms with Gasteiger partial charge < -0.3 is 0 Å². The first-order chi connectivity index (χ1) is 12.4. The summed E-state index contributed by atoms with van der Waals surface area (Å²) in [6, 6.07) is 2.68. The highest BCUT2D eigenvalue weighted by Crippen LogP contribution is 2.43. The summed E-state index contributed by atoms with van der Waals surface area (Å²) in [4.78, 5) is -0.518. The summed E-state index contributed by atoms with van der Waals surface area (Å²) < 4.78 is 78.0. The van der Waals surface area contributed by atoms with E-state index >= 15 is 0 Å². The molecule has 0 bridgehead atoms. The molecule has 3 nitrogen and oxygen atoms in total. The van der Waals surface area contributed by atoms with Gasteiger partial charge in [-0.1, -0.05) is 29.3 Å². The van der Waals surface area contributed by atoms with Gasteiger partial charge in [-0.3, -0.25) is 0 Å². The zero-order valence-corrected chi connectivity index (χ0v) is 15.4. The molecular formula is C15H7Cl2F6N3S. The standard InChI is InChI=1S/C15H7Cl2F6N3S/c1-2-3-11-13(27-15(21,22)23)10(6-24)25-26(11)12-8(16)4-7(5-9(12)17)14(18,19)20/h2-5H,1H3/b3-2+. The van der Waals surface area contributed by atoms with E-state index in [9.17, 15) is 26.3 Å². The minimum absolute atomic E-state index is 0.195. The Kier molecular flexibility index (Phi) is 6.09. The molecule has 0 saturated heterocycles. The third-order valence-electron chi connectivity index (χ3n) is 3.08. The van der Waals surface area contributed by atoms with Crippen LogP contribution in [-0.2, 0) is 6.18 Å². The molecular weight excluding hydrogens is 439 g/mol. The maximum atomic E-state index is 12.9. The number of hydrogen-bond acceptors (Lipinski definition) is 3. The highest BCUT2D eigenvalue weighted by molar-refractivity contribution is 8.00. The van der Waals surface area contributed by atoms with Gasteiger partial charge in [0.05, 0.1) is 26.2 Å². The van der Waals surface area contributed by atoms with Crippen LogP contribution in [0.5, 0.6) is 0 Å². The van der Waals surface area contributed by atoms with E-state index in [0.717, 1.165) is 4.68 Å². The predicted octanol–water partition coefficient (Wildman–Crippen LogP) is 6.71. The second-order valence-electron chi connectivity index (χ2n) is 4.92. The average Bonchev–Trinajstić information content (AvgIpc) is 2.82.